The smallest absolute Gasteiger partial charge is 0.355 e. The summed E-state index contributed by atoms with van der Waals surface area (Å²) in [6.07, 6.45) is -0.0391. The Morgan fingerprint density at radius 2 is 1.79 bits per heavy atom. The average Bonchev–Trinajstić information content (AvgIpc) is 2.95. The summed E-state index contributed by atoms with van der Waals surface area (Å²) in [6, 6.07) is 7.61. The Balaban J connectivity index is 2.13. The molecule has 0 aliphatic rings. The SMILES string of the molecule is CC[C@H](C)c1ccccc1NC(=O)[C@H](C)OC(=O)c1[nH]c(C)c(C(C)=O)c1C. The largest absolute Gasteiger partial charge is 0.448 e. The third kappa shape index (κ3) is 4.50. The van der Waals surface area contributed by atoms with Crippen molar-refractivity contribution in [3.63, 3.8) is 0 Å². The van der Waals surface area contributed by atoms with Gasteiger partial charge in [0.25, 0.3) is 5.91 Å². The molecule has 0 saturated carbocycles. The number of aryl methyl sites for hydroxylation is 1. The van der Waals surface area contributed by atoms with E-state index in [-0.39, 0.29) is 11.5 Å². The van der Waals surface area contributed by atoms with Crippen LogP contribution in [0.4, 0.5) is 5.69 Å². The number of esters is 1. The highest BCUT2D eigenvalue weighted by atomic mass is 16.5. The highest BCUT2D eigenvalue weighted by molar-refractivity contribution is 6.02. The number of hydrogen-bond donors (Lipinski definition) is 2. The van der Waals surface area contributed by atoms with Gasteiger partial charge in [-0.25, -0.2) is 4.79 Å². The maximum atomic E-state index is 12.6. The lowest BCUT2D eigenvalue weighted by molar-refractivity contribution is -0.123. The van der Waals surface area contributed by atoms with E-state index in [0.29, 0.717) is 22.7 Å². The van der Waals surface area contributed by atoms with E-state index in [2.05, 4.69) is 24.1 Å². The normalized spacial score (nSPS) is 12.9. The van der Waals surface area contributed by atoms with Gasteiger partial charge >= 0.3 is 5.97 Å². The lowest BCUT2D eigenvalue weighted by Gasteiger charge is -2.18. The standard InChI is InChI=1S/C22H28N2O4/c1-7-12(2)17-10-8-9-11-18(17)24-21(26)16(6)28-22(27)20-13(3)19(15(5)25)14(4)23-20/h8-12,16,23H,7H2,1-6H3,(H,24,26)/t12-,16-/m0/s1. The highest BCUT2D eigenvalue weighted by Gasteiger charge is 2.25. The van der Waals surface area contributed by atoms with Gasteiger partial charge in [-0.15, -0.1) is 0 Å². The van der Waals surface area contributed by atoms with Crippen molar-refractivity contribution in [1.29, 1.82) is 0 Å². The molecule has 0 aliphatic heterocycles. The van der Waals surface area contributed by atoms with Crippen LogP contribution in [0.25, 0.3) is 0 Å². The summed E-state index contributed by atoms with van der Waals surface area (Å²) in [4.78, 5) is 39.7. The number of H-pyrrole nitrogens is 1. The Kier molecular flexibility index (Phi) is 6.78. The number of carbonyl (C=O) groups excluding carboxylic acids is 3. The van der Waals surface area contributed by atoms with Crippen LogP contribution in [0.2, 0.25) is 0 Å². The third-order valence-corrected chi connectivity index (χ3v) is 5.01. The molecule has 2 rings (SSSR count). The maximum absolute atomic E-state index is 12.6. The second-order valence-corrected chi connectivity index (χ2v) is 7.11. The first-order chi connectivity index (χ1) is 13.2. The minimum atomic E-state index is -0.985. The molecule has 150 valence electrons. The number of amides is 1. The van der Waals surface area contributed by atoms with E-state index in [1.165, 1.54) is 13.8 Å². The minimum Gasteiger partial charge on any atom is -0.448 e. The average molecular weight is 384 g/mol. The predicted octanol–water partition coefficient (Wildman–Crippen LogP) is 4.53. The molecule has 28 heavy (non-hydrogen) atoms. The van der Waals surface area contributed by atoms with Crippen LogP contribution in [-0.2, 0) is 9.53 Å². The number of nitrogens with one attached hydrogen (secondary N) is 2. The molecule has 2 aromatic rings. The molecule has 0 saturated heterocycles. The first-order valence-electron chi connectivity index (χ1n) is 9.48. The number of anilines is 1. The lowest BCUT2D eigenvalue weighted by Crippen LogP contribution is -2.30. The van der Waals surface area contributed by atoms with Gasteiger partial charge in [-0.1, -0.05) is 32.0 Å². The van der Waals surface area contributed by atoms with E-state index in [1.807, 2.05) is 24.3 Å². The Bertz CT molecular complexity index is 898. The van der Waals surface area contributed by atoms with Crippen molar-refractivity contribution in [2.24, 2.45) is 0 Å². The number of hydrogen-bond acceptors (Lipinski definition) is 4. The molecule has 1 aromatic heterocycles. The van der Waals surface area contributed by atoms with Gasteiger partial charge in [0, 0.05) is 16.9 Å². The van der Waals surface area contributed by atoms with Gasteiger partial charge in [0.05, 0.1) is 0 Å². The Morgan fingerprint density at radius 1 is 1.14 bits per heavy atom. The molecule has 0 spiro atoms. The fraction of sp³-hybridized carbons (Fsp3) is 0.409. The Morgan fingerprint density at radius 3 is 2.36 bits per heavy atom. The van der Waals surface area contributed by atoms with Crippen LogP contribution in [0.5, 0.6) is 0 Å². The summed E-state index contributed by atoms with van der Waals surface area (Å²) >= 11 is 0. The molecule has 2 atom stereocenters. The molecule has 6 nitrogen and oxygen atoms in total. The van der Waals surface area contributed by atoms with E-state index in [1.54, 1.807) is 13.8 Å². The maximum Gasteiger partial charge on any atom is 0.355 e. The van der Waals surface area contributed by atoms with Gasteiger partial charge in [0.2, 0.25) is 0 Å². The number of para-hydroxylation sites is 1. The van der Waals surface area contributed by atoms with Gasteiger partial charge in [-0.3, -0.25) is 9.59 Å². The zero-order valence-electron chi connectivity index (χ0n) is 17.3. The number of Topliss-reactive ketones (excluding diaryl/α,β-unsaturated/α-hetero) is 1. The highest BCUT2D eigenvalue weighted by Crippen LogP contribution is 2.27. The Labute approximate surface area is 165 Å². The molecule has 0 bridgehead atoms. The molecule has 6 heteroatoms. The molecule has 0 aliphatic carbocycles. The molecule has 2 N–H and O–H groups in total. The van der Waals surface area contributed by atoms with Crippen molar-refractivity contribution >= 4 is 23.3 Å². The number of aromatic nitrogens is 1. The zero-order chi connectivity index (χ0) is 21.0. The summed E-state index contributed by atoms with van der Waals surface area (Å²) in [6.45, 7) is 10.6. The molecule has 1 amide bonds. The summed E-state index contributed by atoms with van der Waals surface area (Å²) in [5.41, 5.74) is 3.57. The van der Waals surface area contributed by atoms with Gasteiger partial charge in [-0.2, -0.15) is 0 Å². The molecule has 0 unspecified atom stereocenters. The third-order valence-electron chi connectivity index (χ3n) is 5.01. The van der Waals surface area contributed by atoms with E-state index in [0.717, 1.165) is 17.7 Å². The summed E-state index contributed by atoms with van der Waals surface area (Å²) in [5.74, 6) is -0.899. The number of aromatic amines is 1. The van der Waals surface area contributed by atoms with E-state index in [4.69, 9.17) is 4.74 Å². The molecule has 1 heterocycles. The van der Waals surface area contributed by atoms with Crippen LogP contribution in [-0.4, -0.2) is 28.7 Å². The molecule has 0 fully saturated rings. The quantitative estimate of drug-likeness (QED) is 0.542. The van der Waals surface area contributed by atoms with Crippen molar-refractivity contribution in [3.05, 3.63) is 52.3 Å². The van der Waals surface area contributed by atoms with Gasteiger partial charge in [-0.05, 0) is 57.2 Å². The minimum absolute atomic E-state index is 0.127. The fourth-order valence-electron chi connectivity index (χ4n) is 3.25. The summed E-state index contributed by atoms with van der Waals surface area (Å²) in [7, 11) is 0. The van der Waals surface area contributed by atoms with E-state index in [9.17, 15) is 14.4 Å². The van der Waals surface area contributed by atoms with Crippen molar-refractivity contribution in [2.45, 2.75) is 60.0 Å². The number of carbonyl (C=O) groups is 3. The molecular formula is C22H28N2O4. The zero-order valence-corrected chi connectivity index (χ0v) is 17.3. The number of ketones is 1. The van der Waals surface area contributed by atoms with Crippen molar-refractivity contribution in [2.75, 3.05) is 5.32 Å². The summed E-state index contributed by atoms with van der Waals surface area (Å²) < 4.78 is 5.33. The molecular weight excluding hydrogens is 356 g/mol. The van der Waals surface area contributed by atoms with E-state index < -0.39 is 18.0 Å². The first-order valence-corrected chi connectivity index (χ1v) is 9.48. The van der Waals surface area contributed by atoms with Gasteiger partial charge in [0.1, 0.15) is 5.69 Å². The second kappa shape index (κ2) is 8.87. The molecule has 1 aromatic carbocycles. The van der Waals surface area contributed by atoms with Crippen molar-refractivity contribution in [3.8, 4) is 0 Å². The van der Waals surface area contributed by atoms with Crippen molar-refractivity contribution in [1.82, 2.24) is 4.98 Å². The van der Waals surface area contributed by atoms with Crippen LogP contribution >= 0.6 is 0 Å². The number of benzene rings is 1. The fourth-order valence-corrected chi connectivity index (χ4v) is 3.25. The van der Waals surface area contributed by atoms with Crippen LogP contribution in [0, 0.1) is 13.8 Å². The van der Waals surface area contributed by atoms with E-state index >= 15 is 0 Å². The monoisotopic (exact) mass is 384 g/mol. The van der Waals surface area contributed by atoms with Crippen LogP contribution in [0.15, 0.2) is 24.3 Å². The molecule has 0 radical (unpaired) electrons. The second-order valence-electron chi connectivity index (χ2n) is 7.11. The lowest BCUT2D eigenvalue weighted by atomic mass is 9.97. The van der Waals surface area contributed by atoms with Crippen molar-refractivity contribution < 1.29 is 19.1 Å². The predicted molar refractivity (Wildman–Crippen MR) is 109 cm³/mol. The van der Waals surface area contributed by atoms with Crippen LogP contribution in [0.3, 0.4) is 0 Å². The van der Waals surface area contributed by atoms with Gasteiger partial charge in [0.15, 0.2) is 11.9 Å². The Hall–Kier alpha value is -2.89. The van der Waals surface area contributed by atoms with Gasteiger partial charge < -0.3 is 15.0 Å². The van der Waals surface area contributed by atoms with Crippen LogP contribution < -0.4 is 5.32 Å². The van der Waals surface area contributed by atoms with Crippen LogP contribution in [0.1, 0.15) is 77.7 Å². The first kappa shape index (κ1) is 21.4. The number of ether oxygens (including phenoxy) is 1. The summed E-state index contributed by atoms with van der Waals surface area (Å²) in [5, 5.41) is 2.85. The number of rotatable bonds is 7. The topological polar surface area (TPSA) is 88.3 Å².